The minimum atomic E-state index is -0.258. The van der Waals surface area contributed by atoms with Gasteiger partial charge in [-0.1, -0.05) is 375 Å². The van der Waals surface area contributed by atoms with Gasteiger partial charge in [-0.25, -0.2) is 44.9 Å². The molecule has 0 fully saturated rings. The molecule has 0 N–H and O–H groups in total. The zero-order valence-corrected chi connectivity index (χ0v) is 71.4. The van der Waals surface area contributed by atoms with Crippen molar-refractivity contribution in [3.8, 4) is 164 Å². The molecule has 128 heavy (non-hydrogen) atoms. The smallest absolute Gasteiger partial charge is 0.164 e. The lowest BCUT2D eigenvalue weighted by atomic mass is 9.78. The fourth-order valence-corrected chi connectivity index (χ4v) is 20.0. The number of rotatable bonds is 11. The summed E-state index contributed by atoms with van der Waals surface area (Å²) in [6.45, 7) is 14.6. The molecule has 12 nitrogen and oxygen atoms in total. The van der Waals surface area contributed by atoms with E-state index in [0.717, 1.165) is 118 Å². The van der Waals surface area contributed by atoms with Gasteiger partial charge >= 0.3 is 0 Å². The summed E-state index contributed by atoms with van der Waals surface area (Å²) in [5.74, 6) is 7.02. The molecule has 0 bridgehead atoms. The van der Waals surface area contributed by atoms with Crippen molar-refractivity contribution in [3.63, 3.8) is 0 Å². The second-order valence-electron chi connectivity index (χ2n) is 34.9. The number of hydrogen-bond donors (Lipinski definition) is 0. The van der Waals surface area contributed by atoms with E-state index >= 15 is 0 Å². The summed E-state index contributed by atoms with van der Waals surface area (Å²) < 4.78 is 19.2. The maximum atomic E-state index is 6.54. The summed E-state index contributed by atoms with van der Waals surface area (Å²) in [6, 6.07) is 128. The molecular formula is C116H83N9O3. The molecule has 21 aromatic rings. The standard InChI is InChI=1S/C42H29N3O.C38H29N3O.C36H25N3O/c1-42(2)36-30(17-11-18-32(36)33-24-25-34-31-16-9-10-19-35(31)46-38(34)37(33)42)26-20-22-29(23-21-26)41-44-39(27-12-5-3-6-13-27)43-40(45-41)28-14-7-4-8-15-28;1-38(2)32-29(17-10-18-30(32)31-20-19-24-21-22-42-34(24)33(31)38)27-15-9-16-28(23-27)37-40-35(25-11-5-3-6-12-25)39-36(41-37)26-13-7-4-8-14-26;1-36(2)29-21-24(17-18-25(29)27-19-20-28-26-15-9-10-16-30(26)40-32(28)31(27)36)35-38-33(22-11-5-3-6-12-22)37-34(39-35)23-13-7-4-8-14-23/h3-25H,1-2H3;3-20,23H,21-22H2,1-2H3;3-21H,1-2H3. The van der Waals surface area contributed by atoms with Crippen molar-refractivity contribution in [2.75, 3.05) is 6.61 Å². The highest BCUT2D eigenvalue weighted by Crippen LogP contribution is 2.59. The van der Waals surface area contributed by atoms with E-state index in [1.807, 2.05) is 200 Å². The van der Waals surface area contributed by atoms with E-state index in [1.165, 1.54) is 88.8 Å². The molecule has 0 radical (unpaired) electrons. The van der Waals surface area contributed by atoms with Crippen LogP contribution in [-0.2, 0) is 22.7 Å². The zero-order chi connectivity index (χ0) is 85.9. The van der Waals surface area contributed by atoms with Crippen molar-refractivity contribution in [2.24, 2.45) is 0 Å². The molecule has 6 heterocycles. The van der Waals surface area contributed by atoms with Gasteiger partial charge in [0.2, 0.25) is 0 Å². The molecule has 16 aromatic carbocycles. The average molecular weight is 1650 g/mol. The zero-order valence-electron chi connectivity index (χ0n) is 71.4. The lowest BCUT2D eigenvalue weighted by Crippen LogP contribution is -2.17. The summed E-state index contributed by atoms with van der Waals surface area (Å²) in [6.07, 6.45) is 0.978. The maximum Gasteiger partial charge on any atom is 0.164 e. The Bertz CT molecular complexity index is 7800. The third-order valence-corrected chi connectivity index (χ3v) is 26.0. The number of ether oxygens (including phenoxy) is 1. The Balaban J connectivity index is 0.000000110. The SMILES string of the molecule is CC1(C)c2c(-c3ccc(-c4nc(-c5ccccc5)nc(-c5ccccc5)n4)cc3)cccc2-c2ccc3c(oc4ccccc43)c21.CC1(C)c2c(-c3cccc(-c4nc(-c5ccccc5)nc(-c5ccccc5)n4)c3)cccc2-c2ccc3c(c21)OCC3.CC1(C)c2cc(-c3nc(-c4ccccc4)nc(-c4ccccc4)n3)ccc2-c2ccc3c(oc4ccccc43)c21. The van der Waals surface area contributed by atoms with E-state index < -0.39 is 0 Å². The summed E-state index contributed by atoms with van der Waals surface area (Å²) in [7, 11) is 0. The molecule has 610 valence electrons. The Labute approximate surface area is 741 Å². The number of benzene rings is 16. The van der Waals surface area contributed by atoms with Crippen molar-refractivity contribution in [1.82, 2.24) is 44.9 Å². The minimum Gasteiger partial charge on any atom is -0.493 e. The normalized spacial score (nSPS) is 13.6. The fraction of sp³-hybridized carbons (Fsp3) is 0.0948. The first kappa shape index (κ1) is 76.8. The molecular weight excluding hydrogens is 1570 g/mol. The quantitative estimate of drug-likeness (QED) is 0.121. The lowest BCUT2D eigenvalue weighted by molar-refractivity contribution is 0.349. The first-order chi connectivity index (χ1) is 62.7. The van der Waals surface area contributed by atoms with Crippen LogP contribution in [0.2, 0.25) is 0 Å². The largest absolute Gasteiger partial charge is 0.493 e. The first-order valence-corrected chi connectivity index (χ1v) is 43.7. The highest BCUT2D eigenvalue weighted by Gasteiger charge is 2.44. The van der Waals surface area contributed by atoms with Crippen LogP contribution in [0, 0.1) is 0 Å². The Hall–Kier alpha value is -16.1. The van der Waals surface area contributed by atoms with Crippen molar-refractivity contribution in [1.29, 1.82) is 0 Å². The van der Waals surface area contributed by atoms with Gasteiger partial charge in [-0.2, -0.15) is 0 Å². The first-order valence-electron chi connectivity index (χ1n) is 43.7. The molecule has 0 atom stereocenters. The molecule has 1 aliphatic heterocycles. The summed E-state index contributed by atoms with van der Waals surface area (Å²) in [5, 5.41) is 4.64. The van der Waals surface area contributed by atoms with Crippen molar-refractivity contribution in [2.45, 2.75) is 64.2 Å². The minimum absolute atomic E-state index is 0.193. The number of hydrogen-bond acceptors (Lipinski definition) is 12. The molecule has 0 unspecified atom stereocenters. The van der Waals surface area contributed by atoms with Gasteiger partial charge in [0, 0.05) is 111 Å². The van der Waals surface area contributed by atoms with Gasteiger partial charge in [0.15, 0.2) is 52.4 Å². The summed E-state index contributed by atoms with van der Waals surface area (Å²) in [5.41, 5.74) is 33.1. The number of para-hydroxylation sites is 2. The van der Waals surface area contributed by atoms with Crippen LogP contribution in [0.5, 0.6) is 5.75 Å². The topological polar surface area (TPSA) is 152 Å². The predicted molar refractivity (Wildman–Crippen MR) is 516 cm³/mol. The lowest BCUT2D eigenvalue weighted by Gasteiger charge is -2.26. The molecule has 4 aliphatic rings. The van der Waals surface area contributed by atoms with Crippen molar-refractivity contribution < 1.29 is 13.6 Å². The number of furan rings is 2. The van der Waals surface area contributed by atoms with Crippen LogP contribution in [0.15, 0.2) is 379 Å². The van der Waals surface area contributed by atoms with E-state index in [9.17, 15) is 0 Å². The second-order valence-corrected chi connectivity index (χ2v) is 34.9. The van der Waals surface area contributed by atoms with Gasteiger partial charge in [0.05, 0.1) is 6.61 Å². The van der Waals surface area contributed by atoms with Gasteiger partial charge in [-0.15, -0.1) is 0 Å². The van der Waals surface area contributed by atoms with E-state index in [0.29, 0.717) is 52.4 Å². The number of aromatic nitrogens is 9. The molecule has 5 aromatic heterocycles. The Kier molecular flexibility index (Phi) is 18.4. The maximum absolute atomic E-state index is 6.54. The highest BCUT2D eigenvalue weighted by atomic mass is 16.5. The van der Waals surface area contributed by atoms with Gasteiger partial charge in [-0.3, -0.25) is 0 Å². The summed E-state index contributed by atoms with van der Waals surface area (Å²) in [4.78, 5) is 44.3. The molecule has 3 aliphatic carbocycles. The van der Waals surface area contributed by atoms with Crippen LogP contribution in [0.1, 0.15) is 80.5 Å². The summed E-state index contributed by atoms with van der Waals surface area (Å²) >= 11 is 0. The Morgan fingerprint density at radius 3 is 0.953 bits per heavy atom. The number of fused-ring (bicyclic) bond motifs is 19. The van der Waals surface area contributed by atoms with Crippen LogP contribution in [0.25, 0.3) is 202 Å². The Morgan fingerprint density at radius 2 is 0.508 bits per heavy atom. The van der Waals surface area contributed by atoms with Gasteiger partial charge < -0.3 is 13.6 Å². The van der Waals surface area contributed by atoms with E-state index in [4.69, 9.17) is 58.4 Å². The number of nitrogens with zero attached hydrogens (tertiary/aromatic N) is 9. The Morgan fingerprint density at radius 1 is 0.211 bits per heavy atom. The van der Waals surface area contributed by atoms with Gasteiger partial charge in [0.25, 0.3) is 0 Å². The van der Waals surface area contributed by atoms with Gasteiger partial charge in [0.1, 0.15) is 28.1 Å². The van der Waals surface area contributed by atoms with Crippen molar-refractivity contribution >= 4 is 43.9 Å². The van der Waals surface area contributed by atoms with Crippen LogP contribution < -0.4 is 4.74 Å². The van der Waals surface area contributed by atoms with Crippen LogP contribution in [0.3, 0.4) is 0 Å². The third-order valence-electron chi connectivity index (χ3n) is 26.0. The average Bonchev–Trinajstić information content (AvgIpc) is 1.56. The molecule has 0 spiro atoms. The molecule has 12 heteroatoms. The van der Waals surface area contributed by atoms with Crippen LogP contribution in [-0.4, -0.2) is 51.5 Å². The van der Waals surface area contributed by atoms with E-state index in [2.05, 4.69) is 211 Å². The third kappa shape index (κ3) is 13.1. The van der Waals surface area contributed by atoms with Crippen molar-refractivity contribution in [3.05, 3.63) is 409 Å². The van der Waals surface area contributed by atoms with Gasteiger partial charge in [-0.05, 0) is 114 Å². The van der Waals surface area contributed by atoms with Crippen LogP contribution in [0.4, 0.5) is 0 Å². The molecule has 0 saturated heterocycles. The van der Waals surface area contributed by atoms with E-state index in [1.54, 1.807) is 0 Å². The molecule has 0 amide bonds. The molecule has 25 rings (SSSR count). The van der Waals surface area contributed by atoms with Crippen LogP contribution >= 0.6 is 0 Å². The monoisotopic (exact) mass is 1650 g/mol. The van der Waals surface area contributed by atoms with E-state index in [-0.39, 0.29) is 16.2 Å². The fourth-order valence-electron chi connectivity index (χ4n) is 20.0. The predicted octanol–water partition coefficient (Wildman–Crippen LogP) is 28.6. The second kappa shape index (κ2) is 30.7. The highest BCUT2D eigenvalue weighted by molar-refractivity contribution is 6.11. The molecule has 0 saturated carbocycles.